The maximum atomic E-state index is 13.9. The number of hydrogen-bond acceptors (Lipinski definition) is 4. The predicted octanol–water partition coefficient (Wildman–Crippen LogP) is 4.83. The number of fused-ring (bicyclic) bond motifs is 3. The fraction of sp³-hybridized carbons (Fsp3) is 0.0952. The van der Waals surface area contributed by atoms with Crippen LogP contribution < -0.4 is 9.47 Å². The first-order chi connectivity index (χ1) is 12.5. The summed E-state index contributed by atoms with van der Waals surface area (Å²) in [4.78, 5) is 11.6. The lowest BCUT2D eigenvalue weighted by Crippen LogP contribution is -2.08. The van der Waals surface area contributed by atoms with Gasteiger partial charge in [0, 0.05) is 22.3 Å². The Kier molecular flexibility index (Phi) is 4.63. The van der Waals surface area contributed by atoms with Crippen molar-refractivity contribution < 1.29 is 23.8 Å². The zero-order valence-corrected chi connectivity index (χ0v) is 14.2. The Balaban J connectivity index is 2.25. The summed E-state index contributed by atoms with van der Waals surface area (Å²) in [5, 5.41) is 9.95. The Bertz CT molecular complexity index is 957. The number of carbonyl (C=O) groups is 1. The monoisotopic (exact) mass is 352 g/mol. The van der Waals surface area contributed by atoms with E-state index in [0.29, 0.717) is 34.5 Å². The number of benzene rings is 2. The summed E-state index contributed by atoms with van der Waals surface area (Å²) in [6.45, 7) is 7.12. The molecule has 1 N–H and O–H groups in total. The fourth-order valence-corrected chi connectivity index (χ4v) is 3.00. The van der Waals surface area contributed by atoms with Crippen LogP contribution in [0.15, 0.2) is 55.4 Å². The van der Waals surface area contributed by atoms with Crippen molar-refractivity contribution in [3.8, 4) is 28.4 Å². The molecule has 0 bridgehead atoms. The van der Waals surface area contributed by atoms with Crippen LogP contribution >= 0.6 is 0 Å². The number of aromatic hydroxyl groups is 1. The molecule has 0 atom stereocenters. The highest BCUT2D eigenvalue weighted by Gasteiger charge is 2.23. The van der Waals surface area contributed by atoms with Gasteiger partial charge in [0.15, 0.2) is 17.8 Å². The molecular formula is C21H17FO4. The fourth-order valence-electron chi connectivity index (χ4n) is 3.00. The van der Waals surface area contributed by atoms with Crippen LogP contribution in [0.3, 0.4) is 0 Å². The number of rotatable bonds is 5. The molecule has 2 aromatic carbocycles. The molecule has 0 amide bonds. The van der Waals surface area contributed by atoms with Crippen molar-refractivity contribution in [3.05, 3.63) is 72.1 Å². The van der Waals surface area contributed by atoms with E-state index < -0.39 is 5.83 Å². The van der Waals surface area contributed by atoms with E-state index in [-0.39, 0.29) is 17.9 Å². The summed E-state index contributed by atoms with van der Waals surface area (Å²) in [5.74, 6) is 0.158. The molecule has 0 fully saturated rings. The third-order valence-electron chi connectivity index (χ3n) is 4.22. The van der Waals surface area contributed by atoms with E-state index in [1.807, 2.05) is 0 Å². The summed E-state index contributed by atoms with van der Waals surface area (Å²) < 4.78 is 24.8. The number of aldehydes is 1. The number of carbonyl (C=O) groups excluding carboxylic acids is 1. The molecule has 0 aliphatic carbocycles. The minimum Gasteiger partial charge on any atom is -0.504 e. The van der Waals surface area contributed by atoms with E-state index in [9.17, 15) is 14.3 Å². The Morgan fingerprint density at radius 2 is 2.08 bits per heavy atom. The summed E-state index contributed by atoms with van der Waals surface area (Å²) >= 11 is 0. The zero-order valence-electron chi connectivity index (χ0n) is 14.2. The van der Waals surface area contributed by atoms with Gasteiger partial charge in [-0.15, -0.1) is 0 Å². The van der Waals surface area contributed by atoms with Crippen molar-refractivity contribution in [2.24, 2.45) is 0 Å². The van der Waals surface area contributed by atoms with Crippen molar-refractivity contribution in [1.82, 2.24) is 0 Å². The smallest absolute Gasteiger partial charge is 0.161 e. The molecule has 2 aromatic rings. The van der Waals surface area contributed by atoms with Crippen molar-refractivity contribution in [2.45, 2.75) is 6.61 Å². The number of ether oxygens (including phenoxy) is 2. The van der Waals surface area contributed by atoms with Gasteiger partial charge in [-0.3, -0.25) is 4.79 Å². The van der Waals surface area contributed by atoms with Gasteiger partial charge in [0.2, 0.25) is 0 Å². The van der Waals surface area contributed by atoms with Gasteiger partial charge >= 0.3 is 0 Å². The highest BCUT2D eigenvalue weighted by atomic mass is 19.1. The summed E-state index contributed by atoms with van der Waals surface area (Å²) in [7, 11) is 1.46. The lowest BCUT2D eigenvalue weighted by molar-refractivity contribution is 0.112. The quantitative estimate of drug-likeness (QED) is 0.619. The Morgan fingerprint density at radius 1 is 1.31 bits per heavy atom. The molecule has 4 nitrogen and oxygen atoms in total. The second kappa shape index (κ2) is 6.88. The van der Waals surface area contributed by atoms with Crippen LogP contribution in [-0.2, 0) is 6.61 Å². The maximum Gasteiger partial charge on any atom is 0.161 e. The maximum absolute atomic E-state index is 13.9. The number of phenols is 1. The highest BCUT2D eigenvalue weighted by molar-refractivity contribution is 5.94. The van der Waals surface area contributed by atoms with Crippen molar-refractivity contribution >= 4 is 11.9 Å². The van der Waals surface area contributed by atoms with Crippen molar-refractivity contribution in [2.75, 3.05) is 7.11 Å². The van der Waals surface area contributed by atoms with Crippen LogP contribution in [0.2, 0.25) is 0 Å². The Morgan fingerprint density at radius 3 is 2.69 bits per heavy atom. The van der Waals surface area contributed by atoms with Crippen LogP contribution in [-0.4, -0.2) is 18.5 Å². The average molecular weight is 352 g/mol. The molecule has 0 aromatic heterocycles. The lowest BCUT2D eigenvalue weighted by atomic mass is 9.90. The van der Waals surface area contributed by atoms with Gasteiger partial charge in [-0.2, -0.15) is 0 Å². The van der Waals surface area contributed by atoms with E-state index in [0.717, 1.165) is 11.1 Å². The lowest BCUT2D eigenvalue weighted by Gasteiger charge is -2.23. The number of halogens is 1. The second-order valence-corrected chi connectivity index (χ2v) is 5.74. The molecule has 0 saturated heterocycles. The molecule has 0 unspecified atom stereocenters. The first-order valence-corrected chi connectivity index (χ1v) is 7.84. The molecule has 132 valence electrons. The summed E-state index contributed by atoms with van der Waals surface area (Å²) in [5.41, 5.74) is 3.04. The molecule has 1 aliphatic rings. The first-order valence-electron chi connectivity index (χ1n) is 7.84. The van der Waals surface area contributed by atoms with Crippen LogP contribution in [0.4, 0.5) is 4.39 Å². The minimum absolute atomic E-state index is 0.00969. The Labute approximate surface area is 150 Å². The topological polar surface area (TPSA) is 55.8 Å². The molecule has 0 radical (unpaired) electrons. The van der Waals surface area contributed by atoms with E-state index in [4.69, 9.17) is 9.47 Å². The van der Waals surface area contributed by atoms with Gasteiger partial charge in [-0.25, -0.2) is 4.39 Å². The minimum atomic E-state index is -0.671. The standard InChI is InChI=1S/C21H17FO4/c1-4-5-15(12(2)22)16-8-20-18(6-13(16)10-23)17-9-21(25-3)19(24)7-14(17)11-26-20/h4-10,24H,1-2,11H2,3H3/b15-5+. The first kappa shape index (κ1) is 17.5. The highest BCUT2D eigenvalue weighted by Crippen LogP contribution is 2.44. The van der Waals surface area contributed by atoms with Gasteiger partial charge in [0.1, 0.15) is 18.2 Å². The third-order valence-corrected chi connectivity index (χ3v) is 4.22. The zero-order chi connectivity index (χ0) is 18.8. The molecule has 0 spiro atoms. The molecule has 0 saturated carbocycles. The van der Waals surface area contributed by atoms with Gasteiger partial charge in [-0.05, 0) is 35.4 Å². The molecule has 3 rings (SSSR count). The summed E-state index contributed by atoms with van der Waals surface area (Å²) in [6, 6.07) is 6.50. The normalized spacial score (nSPS) is 12.5. The van der Waals surface area contributed by atoms with E-state index >= 15 is 0 Å². The molecule has 26 heavy (non-hydrogen) atoms. The van der Waals surface area contributed by atoms with Gasteiger partial charge < -0.3 is 14.6 Å². The van der Waals surface area contributed by atoms with E-state index in [1.54, 1.807) is 24.3 Å². The molecule has 5 heteroatoms. The van der Waals surface area contributed by atoms with Gasteiger partial charge in [-0.1, -0.05) is 25.3 Å². The van der Waals surface area contributed by atoms with Gasteiger partial charge in [0.25, 0.3) is 0 Å². The largest absolute Gasteiger partial charge is 0.504 e. The summed E-state index contributed by atoms with van der Waals surface area (Å²) in [6.07, 6.45) is 3.54. The molecule has 1 heterocycles. The van der Waals surface area contributed by atoms with Crippen molar-refractivity contribution in [3.63, 3.8) is 0 Å². The molecular weight excluding hydrogens is 335 g/mol. The van der Waals surface area contributed by atoms with Crippen LogP contribution in [0.25, 0.3) is 16.7 Å². The van der Waals surface area contributed by atoms with Gasteiger partial charge in [0.05, 0.1) is 7.11 Å². The third kappa shape index (κ3) is 2.88. The van der Waals surface area contributed by atoms with Crippen LogP contribution in [0.5, 0.6) is 17.2 Å². The average Bonchev–Trinajstić information content (AvgIpc) is 2.64. The van der Waals surface area contributed by atoms with Crippen LogP contribution in [0.1, 0.15) is 21.5 Å². The van der Waals surface area contributed by atoms with Crippen molar-refractivity contribution in [1.29, 1.82) is 0 Å². The van der Waals surface area contributed by atoms with E-state index in [2.05, 4.69) is 13.2 Å². The van der Waals surface area contributed by atoms with Crippen LogP contribution in [0, 0.1) is 0 Å². The Hall–Kier alpha value is -3.34. The second-order valence-electron chi connectivity index (χ2n) is 5.74. The number of hydrogen-bond donors (Lipinski definition) is 1. The molecule has 1 aliphatic heterocycles. The number of methoxy groups -OCH3 is 1. The number of allylic oxidation sites excluding steroid dienone is 4. The SMILES string of the molecule is C=C/C=C(\C(=C)F)c1cc2c(cc1C=O)-c1cc(OC)c(O)cc1CO2. The predicted molar refractivity (Wildman–Crippen MR) is 98.2 cm³/mol. The number of phenolic OH excluding ortho intramolecular Hbond substituents is 1. The van der Waals surface area contributed by atoms with E-state index in [1.165, 1.54) is 19.3 Å².